The Morgan fingerprint density at radius 2 is 2.44 bits per heavy atom. The molecule has 18 heavy (non-hydrogen) atoms. The third-order valence-electron chi connectivity index (χ3n) is 3.13. The van der Waals surface area contributed by atoms with Crippen LogP contribution in [0.4, 0.5) is 11.5 Å². The Kier molecular flexibility index (Phi) is 3.81. The maximum Gasteiger partial charge on any atom is 0.333 e. The first-order valence-electron chi connectivity index (χ1n) is 6.19. The Hall–Kier alpha value is -1.63. The molecule has 1 aromatic rings. The highest BCUT2D eigenvalue weighted by Crippen LogP contribution is 2.28. The van der Waals surface area contributed by atoms with Crippen molar-refractivity contribution in [1.29, 1.82) is 0 Å². The van der Waals surface area contributed by atoms with Crippen LogP contribution in [-0.4, -0.2) is 34.0 Å². The van der Waals surface area contributed by atoms with Crippen molar-refractivity contribution in [2.24, 2.45) is 7.05 Å². The number of hydrogen-bond donors (Lipinski definition) is 1. The minimum Gasteiger partial charge on any atom is -0.376 e. The normalized spacial score (nSPS) is 19.1. The van der Waals surface area contributed by atoms with Gasteiger partial charge in [-0.2, -0.15) is 5.10 Å². The highest BCUT2D eigenvalue weighted by molar-refractivity contribution is 5.59. The Bertz CT molecular complexity index is 438. The average Bonchev–Trinajstić information content (AvgIpc) is 2.93. The second-order valence-electron chi connectivity index (χ2n) is 4.39. The number of nitrogens with zero attached hydrogens (tertiary/aromatic N) is 3. The van der Waals surface area contributed by atoms with Crippen LogP contribution in [0, 0.1) is 10.1 Å². The molecule has 0 radical (unpaired) electrons. The summed E-state index contributed by atoms with van der Waals surface area (Å²) in [6, 6.07) is 0. The second-order valence-corrected chi connectivity index (χ2v) is 4.39. The van der Waals surface area contributed by atoms with E-state index in [0.29, 0.717) is 24.5 Å². The quantitative estimate of drug-likeness (QED) is 0.635. The fourth-order valence-corrected chi connectivity index (χ4v) is 2.21. The minimum atomic E-state index is -0.371. The third-order valence-corrected chi connectivity index (χ3v) is 3.13. The summed E-state index contributed by atoms with van der Waals surface area (Å²) in [6.07, 6.45) is 2.75. The molecule has 2 heterocycles. The number of rotatable bonds is 5. The minimum absolute atomic E-state index is 0.0815. The maximum absolute atomic E-state index is 11.1. The predicted molar refractivity (Wildman–Crippen MR) is 66.7 cm³/mol. The summed E-state index contributed by atoms with van der Waals surface area (Å²) >= 11 is 0. The van der Waals surface area contributed by atoms with Gasteiger partial charge in [-0.3, -0.25) is 10.1 Å². The van der Waals surface area contributed by atoms with Gasteiger partial charge in [-0.05, 0) is 19.3 Å². The molecule has 7 heteroatoms. The van der Waals surface area contributed by atoms with Gasteiger partial charge in [-0.25, -0.2) is 4.68 Å². The van der Waals surface area contributed by atoms with E-state index in [-0.39, 0.29) is 16.7 Å². The molecule has 1 saturated heterocycles. The van der Waals surface area contributed by atoms with E-state index in [2.05, 4.69) is 10.4 Å². The summed E-state index contributed by atoms with van der Waals surface area (Å²) < 4.78 is 7.02. The lowest BCUT2D eigenvalue weighted by molar-refractivity contribution is -0.384. The lowest BCUT2D eigenvalue weighted by Crippen LogP contribution is -2.20. The molecule has 0 spiro atoms. The van der Waals surface area contributed by atoms with Gasteiger partial charge in [-0.15, -0.1) is 0 Å². The highest BCUT2D eigenvalue weighted by atomic mass is 16.6. The van der Waals surface area contributed by atoms with Crippen LogP contribution in [0.15, 0.2) is 0 Å². The summed E-state index contributed by atoms with van der Waals surface area (Å²) in [5, 5.41) is 18.4. The van der Waals surface area contributed by atoms with Gasteiger partial charge in [0, 0.05) is 20.2 Å². The molecular formula is C11H18N4O3. The molecule has 1 atom stereocenters. The Morgan fingerprint density at radius 3 is 3.00 bits per heavy atom. The summed E-state index contributed by atoms with van der Waals surface area (Å²) in [7, 11) is 1.71. The van der Waals surface area contributed by atoms with E-state index in [1.807, 2.05) is 6.92 Å². The van der Waals surface area contributed by atoms with Gasteiger partial charge in [-0.1, -0.05) is 6.92 Å². The van der Waals surface area contributed by atoms with Crippen molar-refractivity contribution in [3.05, 3.63) is 15.8 Å². The molecule has 0 aromatic carbocycles. The zero-order valence-electron chi connectivity index (χ0n) is 10.7. The molecule has 1 aromatic heterocycles. The summed E-state index contributed by atoms with van der Waals surface area (Å²) in [5.41, 5.74) is 0.593. The van der Waals surface area contributed by atoms with Crippen LogP contribution in [0.2, 0.25) is 0 Å². The monoisotopic (exact) mass is 254 g/mol. The van der Waals surface area contributed by atoms with Crippen LogP contribution < -0.4 is 5.32 Å². The molecule has 100 valence electrons. The van der Waals surface area contributed by atoms with Gasteiger partial charge in [0.25, 0.3) is 0 Å². The largest absolute Gasteiger partial charge is 0.376 e. The molecule has 0 bridgehead atoms. The van der Waals surface area contributed by atoms with Crippen LogP contribution in [-0.2, 0) is 18.2 Å². The number of hydrogen-bond acceptors (Lipinski definition) is 5. The van der Waals surface area contributed by atoms with Crippen molar-refractivity contribution in [2.45, 2.75) is 32.3 Å². The SMILES string of the molecule is CCc1nn(C)c(NCC2CCCO2)c1[N+](=O)[O-]. The first-order chi connectivity index (χ1) is 8.63. The summed E-state index contributed by atoms with van der Waals surface area (Å²) in [4.78, 5) is 10.7. The average molecular weight is 254 g/mol. The Labute approximate surface area is 105 Å². The Balaban J connectivity index is 2.14. The second kappa shape index (κ2) is 5.34. The van der Waals surface area contributed by atoms with Crippen molar-refractivity contribution < 1.29 is 9.66 Å². The molecule has 1 fully saturated rings. The van der Waals surface area contributed by atoms with Crippen LogP contribution in [0.5, 0.6) is 0 Å². The molecule has 7 nitrogen and oxygen atoms in total. The van der Waals surface area contributed by atoms with E-state index in [1.54, 1.807) is 7.05 Å². The zero-order valence-corrected chi connectivity index (χ0v) is 10.7. The fraction of sp³-hybridized carbons (Fsp3) is 0.727. The van der Waals surface area contributed by atoms with E-state index in [0.717, 1.165) is 19.4 Å². The van der Waals surface area contributed by atoms with Crippen molar-refractivity contribution in [1.82, 2.24) is 9.78 Å². The summed E-state index contributed by atoms with van der Waals surface area (Å²) in [6.45, 7) is 3.22. The number of nitrogens with one attached hydrogen (secondary N) is 1. The number of nitro groups is 1. The van der Waals surface area contributed by atoms with Crippen molar-refractivity contribution >= 4 is 11.5 Å². The van der Waals surface area contributed by atoms with E-state index < -0.39 is 0 Å². The number of ether oxygens (including phenoxy) is 1. The first kappa shape index (κ1) is 12.8. The topological polar surface area (TPSA) is 82.2 Å². The molecule has 0 aliphatic carbocycles. The summed E-state index contributed by atoms with van der Waals surface area (Å²) in [5.74, 6) is 0.465. The van der Waals surface area contributed by atoms with Crippen LogP contribution in [0.1, 0.15) is 25.5 Å². The van der Waals surface area contributed by atoms with E-state index in [4.69, 9.17) is 4.74 Å². The fourth-order valence-electron chi connectivity index (χ4n) is 2.21. The van der Waals surface area contributed by atoms with Gasteiger partial charge < -0.3 is 10.1 Å². The van der Waals surface area contributed by atoms with Crippen LogP contribution >= 0.6 is 0 Å². The predicted octanol–water partition coefficient (Wildman–Crippen LogP) is 1.48. The van der Waals surface area contributed by atoms with E-state index >= 15 is 0 Å². The number of anilines is 1. The van der Waals surface area contributed by atoms with Gasteiger partial charge in [0.1, 0.15) is 5.69 Å². The molecule has 1 aliphatic heterocycles. The van der Waals surface area contributed by atoms with Gasteiger partial charge in [0.2, 0.25) is 5.82 Å². The lowest BCUT2D eigenvalue weighted by Gasteiger charge is -2.11. The molecule has 0 saturated carbocycles. The van der Waals surface area contributed by atoms with Crippen LogP contribution in [0.3, 0.4) is 0 Å². The zero-order chi connectivity index (χ0) is 13.1. The van der Waals surface area contributed by atoms with Crippen LogP contribution in [0.25, 0.3) is 0 Å². The number of aromatic nitrogens is 2. The Morgan fingerprint density at radius 1 is 1.67 bits per heavy atom. The molecule has 1 unspecified atom stereocenters. The van der Waals surface area contributed by atoms with Gasteiger partial charge in [0.15, 0.2) is 0 Å². The highest BCUT2D eigenvalue weighted by Gasteiger charge is 2.26. The molecule has 1 N–H and O–H groups in total. The molecule has 0 amide bonds. The standard InChI is InChI=1S/C11H18N4O3/c1-3-9-10(15(16)17)11(14(2)13-9)12-7-8-5-4-6-18-8/h8,12H,3-7H2,1-2H3. The van der Waals surface area contributed by atoms with E-state index in [9.17, 15) is 10.1 Å². The van der Waals surface area contributed by atoms with Gasteiger partial charge >= 0.3 is 5.69 Å². The van der Waals surface area contributed by atoms with E-state index in [1.165, 1.54) is 4.68 Å². The molecule has 1 aliphatic rings. The molecule has 2 rings (SSSR count). The lowest BCUT2D eigenvalue weighted by atomic mass is 10.2. The van der Waals surface area contributed by atoms with Crippen molar-refractivity contribution in [3.8, 4) is 0 Å². The smallest absolute Gasteiger partial charge is 0.333 e. The van der Waals surface area contributed by atoms with Crippen molar-refractivity contribution in [2.75, 3.05) is 18.5 Å². The molecular weight excluding hydrogens is 236 g/mol. The third kappa shape index (κ3) is 2.45. The van der Waals surface area contributed by atoms with Crippen molar-refractivity contribution in [3.63, 3.8) is 0 Å². The first-order valence-corrected chi connectivity index (χ1v) is 6.19. The number of aryl methyl sites for hydroxylation is 2. The maximum atomic E-state index is 11.1. The van der Waals surface area contributed by atoms with Gasteiger partial charge in [0.05, 0.1) is 11.0 Å².